The molecule has 0 aliphatic carbocycles. The van der Waals surface area contributed by atoms with E-state index in [-0.39, 0.29) is 10.8 Å². The van der Waals surface area contributed by atoms with Gasteiger partial charge in [0.25, 0.3) is 15.9 Å². The molecule has 0 fully saturated rings. The van der Waals surface area contributed by atoms with Crippen LogP contribution in [0.15, 0.2) is 102 Å². The van der Waals surface area contributed by atoms with Crippen molar-refractivity contribution >= 4 is 27.3 Å². The van der Waals surface area contributed by atoms with Crippen LogP contribution in [0.25, 0.3) is 0 Å². The molecule has 1 amide bonds. The minimum atomic E-state index is -3.75. The van der Waals surface area contributed by atoms with Gasteiger partial charge in [-0.25, -0.2) is 8.42 Å². The summed E-state index contributed by atoms with van der Waals surface area (Å²) in [6.45, 7) is 0. The van der Waals surface area contributed by atoms with Gasteiger partial charge in [0.2, 0.25) is 0 Å². The summed E-state index contributed by atoms with van der Waals surface area (Å²) in [5.41, 5.74) is 3.83. The second kappa shape index (κ2) is 10.4. The van der Waals surface area contributed by atoms with Crippen LogP contribution in [0.2, 0.25) is 0 Å². The van der Waals surface area contributed by atoms with Crippen molar-refractivity contribution in [3.63, 3.8) is 0 Å². The average molecular weight is 488 g/mol. The van der Waals surface area contributed by atoms with E-state index in [0.717, 1.165) is 17.5 Å². The standard InChI is InChI=1S/C27H25N3O4S/c1-30(35(32,33)26-13-11-25(34-2)12-14-26)24-9-5-22(6-10-24)27(31)29-23-7-3-20(4-8-23)19-21-15-17-28-18-16-21/h3-18H,19H2,1-2H3,(H,29,31). The molecule has 0 spiro atoms. The van der Waals surface area contributed by atoms with E-state index in [1.165, 1.54) is 30.6 Å². The Morgan fingerprint density at radius 1 is 0.857 bits per heavy atom. The number of hydrogen-bond donors (Lipinski definition) is 1. The zero-order chi connectivity index (χ0) is 24.8. The second-order valence-electron chi connectivity index (χ2n) is 7.88. The molecular weight excluding hydrogens is 462 g/mol. The summed E-state index contributed by atoms with van der Waals surface area (Å²) in [6.07, 6.45) is 4.31. The Morgan fingerprint density at radius 3 is 2.06 bits per heavy atom. The first-order valence-electron chi connectivity index (χ1n) is 10.9. The van der Waals surface area contributed by atoms with Crippen molar-refractivity contribution in [2.45, 2.75) is 11.3 Å². The molecule has 3 aromatic carbocycles. The van der Waals surface area contributed by atoms with E-state index in [2.05, 4.69) is 10.3 Å². The van der Waals surface area contributed by atoms with E-state index < -0.39 is 10.0 Å². The van der Waals surface area contributed by atoms with Crippen LogP contribution in [0, 0.1) is 0 Å². The minimum absolute atomic E-state index is 0.148. The summed E-state index contributed by atoms with van der Waals surface area (Å²) in [5, 5.41) is 2.87. The number of carbonyl (C=O) groups excluding carboxylic acids is 1. The average Bonchev–Trinajstić information content (AvgIpc) is 2.90. The molecule has 1 N–H and O–H groups in total. The Kier molecular flexibility index (Phi) is 7.12. The molecule has 1 aromatic heterocycles. The monoisotopic (exact) mass is 487 g/mol. The van der Waals surface area contributed by atoms with E-state index in [9.17, 15) is 13.2 Å². The number of rotatable bonds is 8. The van der Waals surface area contributed by atoms with Crippen molar-refractivity contribution in [3.8, 4) is 5.75 Å². The predicted octanol–water partition coefficient (Wildman–Crippen LogP) is 4.76. The number of amides is 1. The number of pyridine rings is 1. The molecular formula is C27H25N3O4S. The molecule has 35 heavy (non-hydrogen) atoms. The number of aromatic nitrogens is 1. The third-order valence-electron chi connectivity index (χ3n) is 5.58. The minimum Gasteiger partial charge on any atom is -0.497 e. The van der Waals surface area contributed by atoms with Crippen molar-refractivity contribution in [3.05, 3.63) is 114 Å². The first kappa shape index (κ1) is 24.0. The first-order valence-corrected chi connectivity index (χ1v) is 12.3. The number of methoxy groups -OCH3 is 1. The summed E-state index contributed by atoms with van der Waals surface area (Å²) < 4.78 is 32.1. The third-order valence-corrected chi connectivity index (χ3v) is 7.38. The Balaban J connectivity index is 1.41. The van der Waals surface area contributed by atoms with E-state index in [1.54, 1.807) is 48.8 Å². The molecule has 4 rings (SSSR count). The molecule has 0 radical (unpaired) electrons. The second-order valence-corrected chi connectivity index (χ2v) is 9.85. The number of nitrogens with zero attached hydrogens (tertiary/aromatic N) is 2. The van der Waals surface area contributed by atoms with Crippen LogP contribution in [0.5, 0.6) is 5.75 Å². The van der Waals surface area contributed by atoms with Gasteiger partial charge in [-0.15, -0.1) is 0 Å². The Labute approximate surface area is 205 Å². The number of sulfonamides is 1. The predicted molar refractivity (Wildman–Crippen MR) is 136 cm³/mol. The lowest BCUT2D eigenvalue weighted by molar-refractivity contribution is 0.102. The van der Waals surface area contributed by atoms with E-state index in [4.69, 9.17) is 4.74 Å². The van der Waals surface area contributed by atoms with Crippen molar-refractivity contribution in [1.82, 2.24) is 4.98 Å². The zero-order valence-corrected chi connectivity index (χ0v) is 20.2. The number of anilines is 2. The van der Waals surface area contributed by atoms with Gasteiger partial charge in [-0.05, 0) is 90.3 Å². The van der Waals surface area contributed by atoms with Crippen LogP contribution < -0.4 is 14.4 Å². The van der Waals surface area contributed by atoms with Gasteiger partial charge in [-0.1, -0.05) is 12.1 Å². The molecule has 7 nitrogen and oxygen atoms in total. The van der Waals surface area contributed by atoms with Crippen LogP contribution in [0.3, 0.4) is 0 Å². The van der Waals surface area contributed by atoms with Crippen LogP contribution in [-0.2, 0) is 16.4 Å². The number of nitrogens with one attached hydrogen (secondary N) is 1. The highest BCUT2D eigenvalue weighted by Crippen LogP contribution is 2.24. The van der Waals surface area contributed by atoms with Crippen LogP contribution in [-0.4, -0.2) is 33.5 Å². The number of carbonyl (C=O) groups is 1. The Hall–Kier alpha value is -4.17. The van der Waals surface area contributed by atoms with Gasteiger partial charge in [0, 0.05) is 30.7 Å². The van der Waals surface area contributed by atoms with Crippen molar-refractivity contribution < 1.29 is 17.9 Å². The molecule has 0 saturated heterocycles. The molecule has 0 saturated carbocycles. The van der Waals surface area contributed by atoms with Crippen LogP contribution in [0.1, 0.15) is 21.5 Å². The van der Waals surface area contributed by atoms with Crippen LogP contribution in [0.4, 0.5) is 11.4 Å². The zero-order valence-electron chi connectivity index (χ0n) is 19.4. The van der Waals surface area contributed by atoms with Gasteiger partial charge < -0.3 is 10.1 Å². The Morgan fingerprint density at radius 2 is 1.46 bits per heavy atom. The van der Waals surface area contributed by atoms with Crippen molar-refractivity contribution in [2.24, 2.45) is 0 Å². The lowest BCUT2D eigenvalue weighted by atomic mass is 10.1. The number of hydrogen-bond acceptors (Lipinski definition) is 5. The number of benzene rings is 3. The van der Waals surface area contributed by atoms with Gasteiger partial charge in [-0.2, -0.15) is 0 Å². The fraction of sp³-hybridized carbons (Fsp3) is 0.111. The SMILES string of the molecule is COc1ccc(S(=O)(=O)N(C)c2ccc(C(=O)Nc3ccc(Cc4ccncc4)cc3)cc2)cc1. The lowest BCUT2D eigenvalue weighted by Gasteiger charge is -2.20. The largest absolute Gasteiger partial charge is 0.497 e. The van der Waals surface area contributed by atoms with Crippen LogP contribution >= 0.6 is 0 Å². The third kappa shape index (κ3) is 5.67. The molecule has 0 aliphatic heterocycles. The highest BCUT2D eigenvalue weighted by atomic mass is 32.2. The molecule has 1 heterocycles. The van der Waals surface area contributed by atoms with E-state index >= 15 is 0 Å². The Bertz CT molecular complexity index is 1390. The van der Waals surface area contributed by atoms with Gasteiger partial charge >= 0.3 is 0 Å². The quantitative estimate of drug-likeness (QED) is 0.387. The van der Waals surface area contributed by atoms with Gasteiger partial charge in [0.15, 0.2) is 0 Å². The van der Waals surface area contributed by atoms with Gasteiger partial charge in [0.1, 0.15) is 5.75 Å². The highest BCUT2D eigenvalue weighted by molar-refractivity contribution is 7.92. The van der Waals surface area contributed by atoms with Crippen molar-refractivity contribution in [2.75, 3.05) is 23.8 Å². The summed E-state index contributed by atoms with van der Waals surface area (Å²) in [7, 11) is -0.757. The molecule has 8 heteroatoms. The molecule has 0 unspecified atom stereocenters. The summed E-state index contributed by atoms with van der Waals surface area (Å²) in [6, 6.07) is 24.2. The molecule has 0 atom stereocenters. The maximum absolute atomic E-state index is 12.9. The summed E-state index contributed by atoms with van der Waals surface area (Å²) in [5.74, 6) is 0.296. The maximum Gasteiger partial charge on any atom is 0.264 e. The normalized spacial score (nSPS) is 11.0. The van der Waals surface area contributed by atoms with Gasteiger partial charge in [-0.3, -0.25) is 14.1 Å². The molecule has 0 aliphatic rings. The van der Waals surface area contributed by atoms with Crippen molar-refractivity contribution in [1.29, 1.82) is 0 Å². The molecule has 4 aromatic rings. The van der Waals surface area contributed by atoms with E-state index in [0.29, 0.717) is 22.7 Å². The lowest BCUT2D eigenvalue weighted by Crippen LogP contribution is -2.26. The fourth-order valence-electron chi connectivity index (χ4n) is 3.51. The number of ether oxygens (including phenoxy) is 1. The maximum atomic E-state index is 12.9. The summed E-state index contributed by atoms with van der Waals surface area (Å²) >= 11 is 0. The smallest absolute Gasteiger partial charge is 0.264 e. The van der Waals surface area contributed by atoms with Gasteiger partial charge in [0.05, 0.1) is 17.7 Å². The summed E-state index contributed by atoms with van der Waals surface area (Å²) in [4.78, 5) is 16.9. The first-order chi connectivity index (χ1) is 16.9. The fourth-order valence-corrected chi connectivity index (χ4v) is 4.71. The topological polar surface area (TPSA) is 88.6 Å². The highest BCUT2D eigenvalue weighted by Gasteiger charge is 2.21. The molecule has 178 valence electrons. The van der Waals surface area contributed by atoms with E-state index in [1.807, 2.05) is 36.4 Å². The molecule has 0 bridgehead atoms.